The van der Waals surface area contributed by atoms with Gasteiger partial charge in [-0.3, -0.25) is 4.90 Å². The maximum absolute atomic E-state index is 13.3. The molecule has 6 nitrogen and oxygen atoms in total. The van der Waals surface area contributed by atoms with E-state index in [-0.39, 0.29) is 17.5 Å². The zero-order chi connectivity index (χ0) is 24.1. The van der Waals surface area contributed by atoms with Gasteiger partial charge in [0.15, 0.2) is 0 Å². The summed E-state index contributed by atoms with van der Waals surface area (Å²) < 4.78 is 41.8. The molecule has 0 unspecified atom stereocenters. The Labute approximate surface area is 201 Å². The van der Waals surface area contributed by atoms with Crippen LogP contribution in [0.1, 0.15) is 11.6 Å². The van der Waals surface area contributed by atoms with E-state index in [1.54, 1.807) is 0 Å². The van der Waals surface area contributed by atoms with Gasteiger partial charge < -0.3 is 9.80 Å². The van der Waals surface area contributed by atoms with Crippen LogP contribution in [0.25, 0.3) is 0 Å². The maximum Gasteiger partial charge on any atom is 0.240 e. The molecule has 1 fully saturated rings. The van der Waals surface area contributed by atoms with Crippen LogP contribution in [0.5, 0.6) is 0 Å². The Morgan fingerprint density at radius 2 is 1.50 bits per heavy atom. The third-order valence-electron chi connectivity index (χ3n) is 6.26. The number of benzene rings is 3. The van der Waals surface area contributed by atoms with E-state index in [2.05, 4.69) is 50.9 Å². The van der Waals surface area contributed by atoms with Gasteiger partial charge >= 0.3 is 0 Å². The first-order valence-corrected chi connectivity index (χ1v) is 12.9. The van der Waals surface area contributed by atoms with Gasteiger partial charge in [-0.1, -0.05) is 30.3 Å². The number of piperazine rings is 1. The standard InChI is InChI=1S/C26H31FN4O2S/c1-29(2)23-12-8-21(9-13-23)26(20-28-34(32,33)25-14-10-22(27)11-15-25)31-18-16-30(17-19-31)24-6-4-3-5-7-24/h3-15,26,28H,16-20H2,1-2H3/t26-/m1/s1. The summed E-state index contributed by atoms with van der Waals surface area (Å²) in [6.45, 7) is 3.58. The van der Waals surface area contributed by atoms with E-state index in [4.69, 9.17) is 0 Å². The average Bonchev–Trinajstić information content (AvgIpc) is 2.85. The third kappa shape index (κ3) is 5.75. The number of para-hydroxylation sites is 1. The highest BCUT2D eigenvalue weighted by molar-refractivity contribution is 7.89. The highest BCUT2D eigenvalue weighted by Crippen LogP contribution is 2.26. The van der Waals surface area contributed by atoms with Crippen LogP contribution in [0.2, 0.25) is 0 Å². The van der Waals surface area contributed by atoms with Crippen LogP contribution in [0.15, 0.2) is 83.8 Å². The van der Waals surface area contributed by atoms with Crippen molar-refractivity contribution in [2.75, 3.05) is 56.6 Å². The highest BCUT2D eigenvalue weighted by atomic mass is 32.2. The van der Waals surface area contributed by atoms with Gasteiger partial charge in [0.25, 0.3) is 0 Å². The molecule has 0 aliphatic carbocycles. The molecule has 1 aliphatic heterocycles. The van der Waals surface area contributed by atoms with Crippen molar-refractivity contribution in [1.82, 2.24) is 9.62 Å². The number of sulfonamides is 1. The Balaban J connectivity index is 1.52. The fourth-order valence-electron chi connectivity index (χ4n) is 4.27. The molecular weight excluding hydrogens is 451 g/mol. The van der Waals surface area contributed by atoms with E-state index in [1.807, 2.05) is 37.2 Å². The summed E-state index contributed by atoms with van der Waals surface area (Å²) in [5, 5.41) is 0. The summed E-state index contributed by atoms with van der Waals surface area (Å²) in [6, 6.07) is 23.3. The first kappa shape index (κ1) is 24.2. The summed E-state index contributed by atoms with van der Waals surface area (Å²) in [5.74, 6) is -0.464. The maximum atomic E-state index is 13.3. The molecule has 1 aliphatic rings. The quantitative estimate of drug-likeness (QED) is 0.530. The fourth-order valence-corrected chi connectivity index (χ4v) is 5.31. The van der Waals surface area contributed by atoms with E-state index < -0.39 is 15.8 Å². The molecule has 3 aromatic rings. The predicted molar refractivity (Wildman–Crippen MR) is 135 cm³/mol. The van der Waals surface area contributed by atoms with Gasteiger partial charge in [-0.2, -0.15) is 0 Å². The monoisotopic (exact) mass is 482 g/mol. The van der Waals surface area contributed by atoms with Crippen LogP contribution >= 0.6 is 0 Å². The smallest absolute Gasteiger partial charge is 0.240 e. The molecule has 1 heterocycles. The van der Waals surface area contributed by atoms with Crippen molar-refractivity contribution >= 4 is 21.4 Å². The molecule has 1 N–H and O–H groups in total. The van der Waals surface area contributed by atoms with Crippen LogP contribution in [0, 0.1) is 5.82 Å². The molecule has 180 valence electrons. The number of hydrogen-bond donors (Lipinski definition) is 1. The molecule has 0 bridgehead atoms. The summed E-state index contributed by atoms with van der Waals surface area (Å²) in [5.41, 5.74) is 3.34. The molecule has 0 amide bonds. The Bertz CT molecular complexity index is 1160. The largest absolute Gasteiger partial charge is 0.378 e. The number of nitrogens with zero attached hydrogens (tertiary/aromatic N) is 3. The molecule has 1 saturated heterocycles. The van der Waals surface area contributed by atoms with Crippen LogP contribution in [-0.2, 0) is 10.0 Å². The minimum Gasteiger partial charge on any atom is -0.378 e. The van der Waals surface area contributed by atoms with Crippen molar-refractivity contribution in [3.63, 3.8) is 0 Å². The second-order valence-electron chi connectivity index (χ2n) is 8.67. The summed E-state index contributed by atoms with van der Waals surface area (Å²) >= 11 is 0. The number of anilines is 2. The second kappa shape index (κ2) is 10.5. The lowest BCUT2D eigenvalue weighted by Gasteiger charge is -2.40. The summed E-state index contributed by atoms with van der Waals surface area (Å²) in [7, 11) is 0.228. The van der Waals surface area contributed by atoms with Crippen molar-refractivity contribution in [2.45, 2.75) is 10.9 Å². The number of hydrogen-bond acceptors (Lipinski definition) is 5. The van der Waals surface area contributed by atoms with E-state index in [1.165, 1.54) is 17.8 Å². The van der Waals surface area contributed by atoms with Crippen molar-refractivity contribution in [1.29, 1.82) is 0 Å². The molecule has 0 radical (unpaired) electrons. The molecule has 1 atom stereocenters. The first-order chi connectivity index (χ1) is 16.3. The molecule has 3 aromatic carbocycles. The van der Waals surface area contributed by atoms with Gasteiger partial charge in [0.05, 0.1) is 4.90 Å². The van der Waals surface area contributed by atoms with Crippen LogP contribution < -0.4 is 14.5 Å². The lowest BCUT2D eigenvalue weighted by atomic mass is 10.0. The molecule has 0 spiro atoms. The zero-order valence-electron chi connectivity index (χ0n) is 19.6. The predicted octanol–water partition coefficient (Wildman–Crippen LogP) is 3.73. The molecule has 0 aromatic heterocycles. The normalized spacial score (nSPS) is 15.8. The fraction of sp³-hybridized carbons (Fsp3) is 0.308. The van der Waals surface area contributed by atoms with Crippen LogP contribution in [0.4, 0.5) is 15.8 Å². The van der Waals surface area contributed by atoms with Gasteiger partial charge in [-0.15, -0.1) is 0 Å². The lowest BCUT2D eigenvalue weighted by Crippen LogP contribution is -2.49. The van der Waals surface area contributed by atoms with Crippen molar-refractivity contribution in [3.05, 3.63) is 90.2 Å². The van der Waals surface area contributed by atoms with Gasteiger partial charge in [0.2, 0.25) is 10.0 Å². The van der Waals surface area contributed by atoms with Crippen molar-refractivity contribution in [3.8, 4) is 0 Å². The van der Waals surface area contributed by atoms with Gasteiger partial charge in [-0.25, -0.2) is 17.5 Å². The van der Waals surface area contributed by atoms with E-state index in [0.29, 0.717) is 0 Å². The number of rotatable bonds is 8. The van der Waals surface area contributed by atoms with Crippen LogP contribution in [0.3, 0.4) is 0 Å². The molecular formula is C26H31FN4O2S. The number of nitrogens with one attached hydrogen (secondary N) is 1. The highest BCUT2D eigenvalue weighted by Gasteiger charge is 2.27. The Morgan fingerprint density at radius 1 is 0.882 bits per heavy atom. The Hall–Kier alpha value is -2.94. The van der Waals surface area contributed by atoms with Gasteiger partial charge in [0.1, 0.15) is 5.82 Å². The van der Waals surface area contributed by atoms with Gasteiger partial charge in [-0.05, 0) is 54.1 Å². The first-order valence-electron chi connectivity index (χ1n) is 11.4. The van der Waals surface area contributed by atoms with E-state index in [0.717, 1.165) is 49.6 Å². The van der Waals surface area contributed by atoms with Crippen LogP contribution in [-0.4, -0.2) is 60.1 Å². The molecule has 8 heteroatoms. The average molecular weight is 483 g/mol. The van der Waals surface area contributed by atoms with Crippen molar-refractivity contribution < 1.29 is 12.8 Å². The van der Waals surface area contributed by atoms with E-state index in [9.17, 15) is 12.8 Å². The zero-order valence-corrected chi connectivity index (χ0v) is 20.4. The topological polar surface area (TPSA) is 55.9 Å². The second-order valence-corrected chi connectivity index (χ2v) is 10.4. The minimum atomic E-state index is -3.76. The minimum absolute atomic E-state index is 0.0597. The van der Waals surface area contributed by atoms with Gasteiger partial charge in [0, 0.05) is 64.2 Å². The molecule has 4 rings (SSSR count). The summed E-state index contributed by atoms with van der Waals surface area (Å²) in [6.07, 6.45) is 0. The van der Waals surface area contributed by atoms with E-state index >= 15 is 0 Å². The number of halogens is 1. The third-order valence-corrected chi connectivity index (χ3v) is 7.70. The lowest BCUT2D eigenvalue weighted by molar-refractivity contribution is 0.187. The van der Waals surface area contributed by atoms with Crippen molar-refractivity contribution in [2.24, 2.45) is 0 Å². The SMILES string of the molecule is CN(C)c1ccc([C@@H](CNS(=O)(=O)c2ccc(F)cc2)N2CCN(c3ccccc3)CC2)cc1. The Kier molecular flexibility index (Phi) is 7.50. The Morgan fingerprint density at radius 3 is 2.09 bits per heavy atom. The summed E-state index contributed by atoms with van der Waals surface area (Å²) in [4.78, 5) is 6.78. The molecule has 0 saturated carbocycles. The molecule has 34 heavy (non-hydrogen) atoms.